The van der Waals surface area contributed by atoms with Crippen LogP contribution < -0.4 is 10.6 Å². The lowest BCUT2D eigenvalue weighted by molar-refractivity contribution is -0.136. The molecular formula is C19H22N4O4. The van der Waals surface area contributed by atoms with Gasteiger partial charge in [-0.3, -0.25) is 19.1 Å². The summed E-state index contributed by atoms with van der Waals surface area (Å²) in [4.78, 5) is 34.7. The number of amides is 2. The zero-order chi connectivity index (χ0) is 19.2. The van der Waals surface area contributed by atoms with Crippen LogP contribution in [0.2, 0.25) is 0 Å². The molecule has 0 saturated heterocycles. The standard InChI is InChI=1S/C19H22N4O4/c24-17(25)9-11-20-18(26)13-5-7-14(8-6-13)21-19(27)16-10-12-23(22-16)15-3-1-2-4-15/h5-8,10,12,15H,1-4,9,11H2,(H,20,26)(H,21,27)(H,24,25). The highest BCUT2D eigenvalue weighted by atomic mass is 16.4. The smallest absolute Gasteiger partial charge is 0.305 e. The van der Waals surface area contributed by atoms with Crippen molar-refractivity contribution in [1.29, 1.82) is 0 Å². The molecule has 1 aliphatic carbocycles. The van der Waals surface area contributed by atoms with E-state index in [-0.39, 0.29) is 24.8 Å². The van der Waals surface area contributed by atoms with E-state index in [0.29, 0.717) is 23.0 Å². The average Bonchev–Trinajstić information content (AvgIpc) is 3.33. The van der Waals surface area contributed by atoms with Crippen LogP contribution in [0.5, 0.6) is 0 Å². The van der Waals surface area contributed by atoms with E-state index in [1.54, 1.807) is 30.3 Å². The third-order valence-corrected chi connectivity index (χ3v) is 4.57. The maximum absolute atomic E-state index is 12.3. The monoisotopic (exact) mass is 370 g/mol. The number of carboxylic acid groups (broad SMARTS) is 1. The Bertz CT molecular complexity index is 822. The number of nitrogens with one attached hydrogen (secondary N) is 2. The molecule has 0 spiro atoms. The number of anilines is 1. The van der Waals surface area contributed by atoms with Crippen LogP contribution in [0.4, 0.5) is 5.69 Å². The summed E-state index contributed by atoms with van der Waals surface area (Å²) in [6, 6.07) is 8.48. The molecule has 2 aromatic rings. The summed E-state index contributed by atoms with van der Waals surface area (Å²) >= 11 is 0. The van der Waals surface area contributed by atoms with Gasteiger partial charge in [-0.25, -0.2) is 0 Å². The molecular weight excluding hydrogens is 348 g/mol. The fourth-order valence-electron chi connectivity index (χ4n) is 3.12. The van der Waals surface area contributed by atoms with Gasteiger partial charge in [-0.05, 0) is 43.2 Å². The Morgan fingerprint density at radius 2 is 1.78 bits per heavy atom. The van der Waals surface area contributed by atoms with Crippen LogP contribution in [0, 0.1) is 0 Å². The maximum atomic E-state index is 12.3. The van der Waals surface area contributed by atoms with Crippen LogP contribution in [0.15, 0.2) is 36.5 Å². The number of carboxylic acids is 1. The number of carbonyl (C=O) groups is 3. The summed E-state index contributed by atoms with van der Waals surface area (Å²) in [5.41, 5.74) is 1.30. The zero-order valence-electron chi connectivity index (χ0n) is 14.9. The van der Waals surface area contributed by atoms with Crippen molar-refractivity contribution >= 4 is 23.5 Å². The minimum Gasteiger partial charge on any atom is -0.481 e. The molecule has 1 aromatic heterocycles. The van der Waals surface area contributed by atoms with Gasteiger partial charge in [-0.1, -0.05) is 12.8 Å². The molecule has 0 radical (unpaired) electrons. The van der Waals surface area contributed by atoms with Gasteiger partial charge in [0, 0.05) is 24.0 Å². The van der Waals surface area contributed by atoms with E-state index in [1.807, 2.05) is 10.9 Å². The van der Waals surface area contributed by atoms with Crippen molar-refractivity contribution in [3.8, 4) is 0 Å². The van der Waals surface area contributed by atoms with Crippen molar-refractivity contribution in [3.63, 3.8) is 0 Å². The molecule has 1 fully saturated rings. The molecule has 1 aliphatic rings. The van der Waals surface area contributed by atoms with Crippen LogP contribution in [0.1, 0.15) is 59.0 Å². The second-order valence-electron chi connectivity index (χ2n) is 6.55. The van der Waals surface area contributed by atoms with Gasteiger partial charge < -0.3 is 15.7 Å². The largest absolute Gasteiger partial charge is 0.481 e. The fourth-order valence-corrected chi connectivity index (χ4v) is 3.12. The summed E-state index contributed by atoms with van der Waals surface area (Å²) in [5, 5.41) is 18.2. The number of benzene rings is 1. The van der Waals surface area contributed by atoms with Gasteiger partial charge in [0.05, 0.1) is 12.5 Å². The Morgan fingerprint density at radius 1 is 1.07 bits per heavy atom. The number of hydrogen-bond donors (Lipinski definition) is 3. The second-order valence-corrected chi connectivity index (χ2v) is 6.55. The predicted molar refractivity (Wildman–Crippen MR) is 98.7 cm³/mol. The van der Waals surface area contributed by atoms with Gasteiger partial charge in [0.15, 0.2) is 5.69 Å². The third-order valence-electron chi connectivity index (χ3n) is 4.57. The van der Waals surface area contributed by atoms with Crippen molar-refractivity contribution in [2.24, 2.45) is 0 Å². The van der Waals surface area contributed by atoms with E-state index in [2.05, 4.69) is 15.7 Å². The highest BCUT2D eigenvalue weighted by Crippen LogP contribution is 2.28. The lowest BCUT2D eigenvalue weighted by Gasteiger charge is -2.09. The van der Waals surface area contributed by atoms with Crippen molar-refractivity contribution < 1.29 is 19.5 Å². The van der Waals surface area contributed by atoms with Gasteiger partial charge >= 0.3 is 5.97 Å². The second kappa shape index (κ2) is 8.48. The molecule has 1 heterocycles. The molecule has 3 N–H and O–H groups in total. The minimum absolute atomic E-state index is 0.0658. The first-order valence-electron chi connectivity index (χ1n) is 8.99. The molecule has 3 rings (SSSR count). The Balaban J connectivity index is 1.55. The van der Waals surface area contributed by atoms with Crippen molar-refractivity contribution in [1.82, 2.24) is 15.1 Å². The minimum atomic E-state index is -0.969. The maximum Gasteiger partial charge on any atom is 0.305 e. The van der Waals surface area contributed by atoms with Crippen LogP contribution in [-0.2, 0) is 4.79 Å². The molecule has 1 saturated carbocycles. The Labute approximate surface area is 156 Å². The first-order valence-corrected chi connectivity index (χ1v) is 8.99. The molecule has 2 amide bonds. The van der Waals surface area contributed by atoms with Crippen molar-refractivity contribution in [2.75, 3.05) is 11.9 Å². The molecule has 8 nitrogen and oxygen atoms in total. The predicted octanol–water partition coefficient (Wildman–Crippen LogP) is 2.46. The summed E-state index contributed by atoms with van der Waals surface area (Å²) in [6.07, 6.45) is 6.30. The Kier molecular flexibility index (Phi) is 5.85. The molecule has 142 valence electrons. The van der Waals surface area contributed by atoms with Gasteiger partial charge in [0.1, 0.15) is 0 Å². The summed E-state index contributed by atoms with van der Waals surface area (Å²) in [7, 11) is 0. The number of rotatable bonds is 7. The average molecular weight is 370 g/mol. The van der Waals surface area contributed by atoms with Crippen LogP contribution in [0.3, 0.4) is 0 Å². The van der Waals surface area contributed by atoms with E-state index in [4.69, 9.17) is 5.11 Å². The van der Waals surface area contributed by atoms with Crippen molar-refractivity contribution in [3.05, 3.63) is 47.8 Å². The zero-order valence-corrected chi connectivity index (χ0v) is 14.9. The fraction of sp³-hybridized carbons (Fsp3) is 0.368. The van der Waals surface area contributed by atoms with Gasteiger partial charge in [0.2, 0.25) is 0 Å². The first kappa shape index (κ1) is 18.6. The van der Waals surface area contributed by atoms with E-state index >= 15 is 0 Å². The highest BCUT2D eigenvalue weighted by molar-refractivity contribution is 6.03. The normalized spacial score (nSPS) is 14.1. The quantitative estimate of drug-likeness (QED) is 0.693. The van der Waals surface area contributed by atoms with Gasteiger partial charge in [0.25, 0.3) is 11.8 Å². The number of aliphatic carboxylic acids is 1. The van der Waals surface area contributed by atoms with Crippen LogP contribution in [0.25, 0.3) is 0 Å². The summed E-state index contributed by atoms with van der Waals surface area (Å²) < 4.78 is 1.87. The summed E-state index contributed by atoms with van der Waals surface area (Å²) in [5.74, 6) is -1.63. The van der Waals surface area contributed by atoms with Gasteiger partial charge in [-0.2, -0.15) is 5.10 Å². The van der Waals surface area contributed by atoms with E-state index in [1.165, 1.54) is 12.8 Å². The third kappa shape index (κ3) is 4.93. The molecule has 27 heavy (non-hydrogen) atoms. The molecule has 8 heteroatoms. The van der Waals surface area contributed by atoms with Crippen molar-refractivity contribution in [2.45, 2.75) is 38.1 Å². The highest BCUT2D eigenvalue weighted by Gasteiger charge is 2.19. The molecule has 0 aliphatic heterocycles. The number of aromatic nitrogens is 2. The van der Waals surface area contributed by atoms with Crippen LogP contribution >= 0.6 is 0 Å². The number of carbonyl (C=O) groups excluding carboxylic acids is 2. The molecule has 0 bridgehead atoms. The molecule has 1 aromatic carbocycles. The SMILES string of the molecule is O=C(O)CCNC(=O)c1ccc(NC(=O)c2ccn(C3CCCC3)n2)cc1. The van der Waals surface area contributed by atoms with E-state index in [0.717, 1.165) is 12.8 Å². The van der Waals surface area contributed by atoms with E-state index < -0.39 is 5.97 Å². The first-order chi connectivity index (χ1) is 13.0. The Morgan fingerprint density at radius 3 is 2.44 bits per heavy atom. The summed E-state index contributed by atoms with van der Waals surface area (Å²) in [6.45, 7) is 0.0658. The van der Waals surface area contributed by atoms with Gasteiger partial charge in [-0.15, -0.1) is 0 Å². The number of hydrogen-bond acceptors (Lipinski definition) is 4. The van der Waals surface area contributed by atoms with E-state index in [9.17, 15) is 14.4 Å². The molecule has 0 atom stereocenters. The topological polar surface area (TPSA) is 113 Å². The lowest BCUT2D eigenvalue weighted by atomic mass is 10.2. The molecule has 0 unspecified atom stereocenters. The lowest BCUT2D eigenvalue weighted by Crippen LogP contribution is -2.25. The number of nitrogens with zero attached hydrogens (tertiary/aromatic N) is 2. The van der Waals surface area contributed by atoms with Crippen LogP contribution in [-0.4, -0.2) is 39.2 Å². The Hall–Kier alpha value is -3.16.